The molecule has 2 aromatic rings. The molecular formula is C17H23N3O2. The monoisotopic (exact) mass is 301 g/mol. The van der Waals surface area contributed by atoms with E-state index in [0.29, 0.717) is 18.0 Å². The molecule has 0 spiro atoms. The van der Waals surface area contributed by atoms with Crippen molar-refractivity contribution in [3.63, 3.8) is 0 Å². The quantitative estimate of drug-likeness (QED) is 0.503. The lowest BCUT2D eigenvalue weighted by atomic mass is 10.1. The van der Waals surface area contributed by atoms with Crippen LogP contribution in [0.1, 0.15) is 36.8 Å². The summed E-state index contributed by atoms with van der Waals surface area (Å²) in [4.78, 5) is 21.9. The number of esters is 1. The maximum absolute atomic E-state index is 12.2. The van der Waals surface area contributed by atoms with Gasteiger partial charge in [-0.05, 0) is 39.8 Å². The van der Waals surface area contributed by atoms with E-state index in [9.17, 15) is 4.79 Å². The molecule has 0 saturated heterocycles. The Labute approximate surface area is 131 Å². The number of nitrogens with one attached hydrogen (secondary N) is 1. The zero-order chi connectivity index (χ0) is 16.1. The van der Waals surface area contributed by atoms with Gasteiger partial charge in [-0.15, -0.1) is 0 Å². The topological polar surface area (TPSA) is 57.7 Å². The highest BCUT2D eigenvalue weighted by Gasteiger charge is 2.18. The van der Waals surface area contributed by atoms with Crippen LogP contribution >= 0.6 is 0 Å². The van der Waals surface area contributed by atoms with Gasteiger partial charge in [-0.25, -0.2) is 9.79 Å². The molecule has 0 amide bonds. The Bertz CT molecular complexity index is 685. The van der Waals surface area contributed by atoms with Gasteiger partial charge < -0.3 is 14.6 Å². The lowest BCUT2D eigenvalue weighted by Gasteiger charge is -2.13. The van der Waals surface area contributed by atoms with Gasteiger partial charge in [0.15, 0.2) is 5.69 Å². The Hall–Kier alpha value is -2.30. The van der Waals surface area contributed by atoms with Crippen LogP contribution in [0.3, 0.4) is 0 Å². The third-order valence-electron chi connectivity index (χ3n) is 3.57. The maximum Gasteiger partial charge on any atom is 0.357 e. The summed E-state index contributed by atoms with van der Waals surface area (Å²) in [6.45, 7) is 10.0. The van der Waals surface area contributed by atoms with Gasteiger partial charge >= 0.3 is 5.97 Å². The zero-order valence-electron chi connectivity index (χ0n) is 13.6. The summed E-state index contributed by atoms with van der Waals surface area (Å²) in [6, 6.07) is 6.00. The predicted octanol–water partition coefficient (Wildman–Crippen LogP) is 3.65. The van der Waals surface area contributed by atoms with E-state index in [-0.39, 0.29) is 5.97 Å². The molecule has 0 saturated carbocycles. The number of aliphatic imine (C=N–C) groups is 1. The van der Waals surface area contributed by atoms with Gasteiger partial charge in [-0.3, -0.25) is 0 Å². The minimum Gasteiger partial charge on any atom is -0.461 e. The molecule has 0 unspecified atom stereocenters. The highest BCUT2D eigenvalue weighted by molar-refractivity contribution is 6.05. The molecule has 118 valence electrons. The molecule has 0 aliphatic rings. The molecule has 0 aliphatic carbocycles. The lowest BCUT2D eigenvalue weighted by molar-refractivity contribution is 0.0521. The fourth-order valence-corrected chi connectivity index (χ4v) is 2.30. The van der Waals surface area contributed by atoms with E-state index in [1.807, 2.05) is 25.1 Å². The third-order valence-corrected chi connectivity index (χ3v) is 3.57. The van der Waals surface area contributed by atoms with Crippen molar-refractivity contribution >= 4 is 28.9 Å². The number of benzene rings is 1. The minimum absolute atomic E-state index is 0.340. The SMILES string of the molecule is CCOC(=O)c1[nH]c2ccc(C)cc2c1N=CN(CC)CC. The first-order valence-electron chi connectivity index (χ1n) is 7.68. The Kier molecular flexibility index (Phi) is 5.20. The summed E-state index contributed by atoms with van der Waals surface area (Å²) >= 11 is 0. The van der Waals surface area contributed by atoms with Gasteiger partial charge in [0.2, 0.25) is 0 Å². The van der Waals surface area contributed by atoms with Crippen LogP contribution in [0.15, 0.2) is 23.2 Å². The first-order chi connectivity index (χ1) is 10.6. The number of hydrogen-bond donors (Lipinski definition) is 1. The number of H-pyrrole nitrogens is 1. The van der Waals surface area contributed by atoms with Crippen LogP contribution in [0.4, 0.5) is 5.69 Å². The van der Waals surface area contributed by atoms with E-state index < -0.39 is 0 Å². The molecule has 2 rings (SSSR count). The van der Waals surface area contributed by atoms with E-state index in [0.717, 1.165) is 29.6 Å². The highest BCUT2D eigenvalue weighted by atomic mass is 16.5. The second-order valence-electron chi connectivity index (χ2n) is 5.08. The van der Waals surface area contributed by atoms with E-state index in [2.05, 4.69) is 28.7 Å². The van der Waals surface area contributed by atoms with Crippen molar-refractivity contribution in [2.75, 3.05) is 19.7 Å². The van der Waals surface area contributed by atoms with Crippen LogP contribution in [-0.4, -0.2) is 41.9 Å². The first-order valence-corrected chi connectivity index (χ1v) is 7.68. The standard InChI is InChI=1S/C17H23N3O2/c1-5-20(6-2)11-18-15-13-10-12(4)8-9-14(13)19-16(15)17(21)22-7-3/h8-11,19H,5-7H2,1-4H3. The van der Waals surface area contributed by atoms with Crippen LogP contribution in [0.25, 0.3) is 10.9 Å². The molecule has 5 nitrogen and oxygen atoms in total. The Morgan fingerprint density at radius 1 is 1.32 bits per heavy atom. The normalized spacial score (nSPS) is 11.3. The van der Waals surface area contributed by atoms with Crippen LogP contribution in [-0.2, 0) is 4.74 Å². The molecule has 1 heterocycles. The van der Waals surface area contributed by atoms with Crippen molar-refractivity contribution in [3.8, 4) is 0 Å². The van der Waals surface area contributed by atoms with Crippen molar-refractivity contribution in [2.45, 2.75) is 27.7 Å². The van der Waals surface area contributed by atoms with Crippen molar-refractivity contribution in [1.82, 2.24) is 9.88 Å². The molecule has 0 fully saturated rings. The van der Waals surface area contributed by atoms with E-state index >= 15 is 0 Å². The van der Waals surface area contributed by atoms with Crippen molar-refractivity contribution in [2.24, 2.45) is 4.99 Å². The third kappa shape index (κ3) is 3.30. The fourth-order valence-electron chi connectivity index (χ4n) is 2.30. The molecular weight excluding hydrogens is 278 g/mol. The molecule has 1 N–H and O–H groups in total. The number of nitrogens with zero attached hydrogens (tertiary/aromatic N) is 2. The molecule has 5 heteroatoms. The zero-order valence-corrected chi connectivity index (χ0v) is 13.6. The van der Waals surface area contributed by atoms with Gasteiger partial charge in [-0.1, -0.05) is 11.6 Å². The number of hydrogen-bond acceptors (Lipinski definition) is 3. The number of aryl methyl sites for hydroxylation is 1. The van der Waals surface area contributed by atoms with Crippen molar-refractivity contribution in [1.29, 1.82) is 0 Å². The Balaban J connectivity index is 2.53. The largest absolute Gasteiger partial charge is 0.461 e. The molecule has 0 radical (unpaired) electrons. The highest BCUT2D eigenvalue weighted by Crippen LogP contribution is 2.31. The number of ether oxygens (including phenoxy) is 1. The fraction of sp³-hybridized carbons (Fsp3) is 0.412. The number of carbonyl (C=O) groups excluding carboxylic acids is 1. The van der Waals surface area contributed by atoms with E-state index in [1.165, 1.54) is 0 Å². The predicted molar refractivity (Wildman–Crippen MR) is 90.1 cm³/mol. The second kappa shape index (κ2) is 7.11. The molecule has 0 atom stereocenters. The average molecular weight is 301 g/mol. The number of fused-ring (bicyclic) bond motifs is 1. The Morgan fingerprint density at radius 2 is 2.05 bits per heavy atom. The van der Waals surface area contributed by atoms with Crippen LogP contribution < -0.4 is 0 Å². The number of rotatable bonds is 6. The van der Waals surface area contributed by atoms with Crippen LogP contribution in [0, 0.1) is 6.92 Å². The smallest absolute Gasteiger partial charge is 0.357 e. The summed E-state index contributed by atoms with van der Waals surface area (Å²) in [5.41, 5.74) is 3.07. The van der Waals surface area contributed by atoms with Crippen LogP contribution in [0.2, 0.25) is 0 Å². The van der Waals surface area contributed by atoms with Crippen LogP contribution in [0.5, 0.6) is 0 Å². The number of aromatic amines is 1. The maximum atomic E-state index is 12.2. The van der Waals surface area contributed by atoms with Crippen molar-refractivity contribution < 1.29 is 9.53 Å². The molecule has 0 aliphatic heterocycles. The van der Waals surface area contributed by atoms with Gasteiger partial charge in [-0.2, -0.15) is 0 Å². The second-order valence-corrected chi connectivity index (χ2v) is 5.08. The Morgan fingerprint density at radius 3 is 2.68 bits per heavy atom. The minimum atomic E-state index is -0.372. The van der Waals surface area contributed by atoms with Gasteiger partial charge in [0, 0.05) is 24.0 Å². The summed E-state index contributed by atoms with van der Waals surface area (Å²) in [5.74, 6) is -0.372. The van der Waals surface area contributed by atoms with E-state index in [4.69, 9.17) is 4.74 Å². The average Bonchev–Trinajstić information content (AvgIpc) is 2.87. The van der Waals surface area contributed by atoms with Gasteiger partial charge in [0.25, 0.3) is 0 Å². The number of aromatic nitrogens is 1. The number of carbonyl (C=O) groups is 1. The molecule has 22 heavy (non-hydrogen) atoms. The van der Waals surface area contributed by atoms with Gasteiger partial charge in [0.05, 0.1) is 12.9 Å². The van der Waals surface area contributed by atoms with E-state index in [1.54, 1.807) is 13.3 Å². The van der Waals surface area contributed by atoms with Crippen molar-refractivity contribution in [3.05, 3.63) is 29.5 Å². The summed E-state index contributed by atoms with van der Waals surface area (Å²) in [5, 5.41) is 0.937. The summed E-state index contributed by atoms with van der Waals surface area (Å²) in [6.07, 6.45) is 1.79. The summed E-state index contributed by atoms with van der Waals surface area (Å²) in [7, 11) is 0. The molecule has 1 aromatic carbocycles. The first kappa shape index (κ1) is 16.1. The lowest BCUT2D eigenvalue weighted by Crippen LogP contribution is -2.20. The van der Waals surface area contributed by atoms with Gasteiger partial charge in [0.1, 0.15) is 5.69 Å². The summed E-state index contributed by atoms with van der Waals surface area (Å²) < 4.78 is 5.13. The molecule has 0 bridgehead atoms. The molecule has 1 aromatic heterocycles.